The van der Waals surface area contributed by atoms with Crippen LogP contribution in [-0.2, 0) is 13.0 Å². The van der Waals surface area contributed by atoms with Crippen molar-refractivity contribution < 1.29 is 9.21 Å². The van der Waals surface area contributed by atoms with Crippen LogP contribution in [-0.4, -0.2) is 20.8 Å². The Bertz CT molecular complexity index is 1280. The van der Waals surface area contributed by atoms with Gasteiger partial charge in [-0.15, -0.1) is 0 Å². The number of fused-ring (bicyclic) bond motifs is 2. The fourth-order valence-corrected chi connectivity index (χ4v) is 4.09. The molecule has 4 aromatic rings. The molecule has 0 radical (unpaired) electrons. The lowest BCUT2D eigenvalue weighted by Gasteiger charge is -2.25. The zero-order valence-corrected chi connectivity index (χ0v) is 16.8. The van der Waals surface area contributed by atoms with Gasteiger partial charge in [0.2, 0.25) is 0 Å². The largest absolute Gasteiger partial charge is 0.417 e. The minimum atomic E-state index is -0.485. The standard InChI is InChI=1S/C22H16BrN3O3/c23-14-6-7-15(24-11-14)10-19-16-3-1-2-4-17(16)21(27)26(19)12-13-5-8-18-20(9-13)29-22(28)25-18/h1-9,11,19H,10,12H2,(H,25,28). The molecule has 29 heavy (non-hydrogen) atoms. The first-order chi connectivity index (χ1) is 14.1. The number of benzene rings is 2. The Morgan fingerprint density at radius 3 is 2.79 bits per heavy atom. The van der Waals surface area contributed by atoms with E-state index in [0.717, 1.165) is 26.9 Å². The van der Waals surface area contributed by atoms with Gasteiger partial charge in [0.1, 0.15) is 0 Å². The lowest BCUT2D eigenvalue weighted by atomic mass is 10.0. The summed E-state index contributed by atoms with van der Waals surface area (Å²) in [5, 5.41) is 0. The van der Waals surface area contributed by atoms with Gasteiger partial charge < -0.3 is 9.32 Å². The van der Waals surface area contributed by atoms with Crippen molar-refractivity contribution in [1.29, 1.82) is 0 Å². The fourth-order valence-electron chi connectivity index (χ4n) is 3.86. The molecule has 1 N–H and O–H groups in total. The molecule has 7 heteroatoms. The van der Waals surface area contributed by atoms with E-state index in [1.165, 1.54) is 0 Å². The Kier molecular flexibility index (Phi) is 4.32. The summed E-state index contributed by atoms with van der Waals surface area (Å²) < 4.78 is 6.09. The quantitative estimate of drug-likeness (QED) is 0.505. The van der Waals surface area contributed by atoms with Crippen molar-refractivity contribution in [3.05, 3.63) is 98.2 Å². The minimum Gasteiger partial charge on any atom is -0.408 e. The van der Waals surface area contributed by atoms with Crippen LogP contribution in [0.2, 0.25) is 0 Å². The third-order valence-corrected chi connectivity index (χ3v) is 5.69. The molecule has 1 unspecified atom stereocenters. The summed E-state index contributed by atoms with van der Waals surface area (Å²) in [6.45, 7) is 0.416. The van der Waals surface area contributed by atoms with E-state index < -0.39 is 5.76 Å². The molecule has 1 amide bonds. The number of aromatic amines is 1. The van der Waals surface area contributed by atoms with Gasteiger partial charge in [-0.3, -0.25) is 14.8 Å². The summed E-state index contributed by atoms with van der Waals surface area (Å²) >= 11 is 3.41. The highest BCUT2D eigenvalue weighted by Gasteiger charge is 2.36. The number of carbonyl (C=O) groups excluding carboxylic acids is 1. The van der Waals surface area contributed by atoms with E-state index >= 15 is 0 Å². The zero-order chi connectivity index (χ0) is 20.0. The molecule has 0 spiro atoms. The number of aromatic nitrogens is 2. The molecule has 0 saturated heterocycles. The Balaban J connectivity index is 1.50. The molecule has 0 saturated carbocycles. The third kappa shape index (κ3) is 3.27. The van der Waals surface area contributed by atoms with Crippen molar-refractivity contribution in [2.24, 2.45) is 0 Å². The number of amides is 1. The molecule has 2 aromatic carbocycles. The number of pyridine rings is 1. The van der Waals surface area contributed by atoms with Crippen LogP contribution in [0, 0.1) is 0 Å². The van der Waals surface area contributed by atoms with E-state index in [1.807, 2.05) is 47.4 Å². The topological polar surface area (TPSA) is 79.2 Å². The van der Waals surface area contributed by atoms with Gasteiger partial charge >= 0.3 is 5.76 Å². The van der Waals surface area contributed by atoms with Crippen molar-refractivity contribution in [3.63, 3.8) is 0 Å². The first-order valence-electron chi connectivity index (χ1n) is 9.20. The number of oxazole rings is 1. The maximum atomic E-state index is 13.1. The number of rotatable bonds is 4. The summed E-state index contributed by atoms with van der Waals surface area (Å²) in [6, 6.07) is 17.0. The monoisotopic (exact) mass is 449 g/mol. The highest BCUT2D eigenvalue weighted by molar-refractivity contribution is 9.10. The second kappa shape index (κ2) is 7.00. The molecular weight excluding hydrogens is 434 g/mol. The number of hydrogen-bond acceptors (Lipinski definition) is 4. The summed E-state index contributed by atoms with van der Waals surface area (Å²) in [4.78, 5) is 33.6. The maximum Gasteiger partial charge on any atom is 0.417 e. The number of hydrogen-bond donors (Lipinski definition) is 1. The molecule has 5 rings (SSSR count). The average Bonchev–Trinajstić information content (AvgIpc) is 3.22. The third-order valence-electron chi connectivity index (χ3n) is 5.22. The number of carbonyl (C=O) groups is 1. The van der Waals surface area contributed by atoms with Crippen LogP contribution in [0.1, 0.15) is 33.2 Å². The van der Waals surface area contributed by atoms with E-state index in [4.69, 9.17) is 4.42 Å². The van der Waals surface area contributed by atoms with Crippen LogP contribution in [0.3, 0.4) is 0 Å². The molecule has 6 nitrogen and oxygen atoms in total. The van der Waals surface area contributed by atoms with Gasteiger partial charge in [0.25, 0.3) is 5.91 Å². The van der Waals surface area contributed by atoms with E-state index in [-0.39, 0.29) is 11.9 Å². The predicted octanol–water partition coefficient (Wildman–Crippen LogP) is 4.22. The van der Waals surface area contributed by atoms with Crippen molar-refractivity contribution in [2.75, 3.05) is 0 Å². The normalized spacial score (nSPS) is 15.8. The second-order valence-electron chi connectivity index (χ2n) is 7.05. The van der Waals surface area contributed by atoms with Crippen LogP contribution in [0.15, 0.2) is 74.5 Å². The van der Waals surface area contributed by atoms with Gasteiger partial charge in [-0.25, -0.2) is 4.79 Å². The van der Waals surface area contributed by atoms with Crippen LogP contribution in [0.25, 0.3) is 11.1 Å². The van der Waals surface area contributed by atoms with Gasteiger partial charge in [-0.1, -0.05) is 24.3 Å². The fraction of sp³-hybridized carbons (Fsp3) is 0.136. The molecule has 1 atom stereocenters. The smallest absolute Gasteiger partial charge is 0.408 e. The lowest BCUT2D eigenvalue weighted by molar-refractivity contribution is 0.0708. The van der Waals surface area contributed by atoms with Gasteiger partial charge in [-0.2, -0.15) is 0 Å². The summed E-state index contributed by atoms with van der Waals surface area (Å²) in [5.74, 6) is -0.487. The molecule has 0 fully saturated rings. The number of nitrogens with zero attached hydrogens (tertiary/aromatic N) is 2. The molecule has 1 aliphatic rings. The van der Waals surface area contributed by atoms with E-state index in [0.29, 0.717) is 24.1 Å². The molecule has 2 aromatic heterocycles. The number of nitrogens with one attached hydrogen (secondary N) is 1. The molecule has 3 heterocycles. The van der Waals surface area contributed by atoms with Crippen molar-refractivity contribution in [2.45, 2.75) is 19.0 Å². The van der Waals surface area contributed by atoms with Crippen molar-refractivity contribution in [1.82, 2.24) is 14.9 Å². The highest BCUT2D eigenvalue weighted by atomic mass is 79.9. The Hall–Kier alpha value is -3.19. The summed E-state index contributed by atoms with van der Waals surface area (Å²) in [6.07, 6.45) is 2.39. The molecule has 144 valence electrons. The van der Waals surface area contributed by atoms with Crippen molar-refractivity contribution in [3.8, 4) is 0 Å². The molecule has 1 aliphatic heterocycles. The van der Waals surface area contributed by atoms with Gasteiger partial charge in [0.05, 0.1) is 11.6 Å². The zero-order valence-electron chi connectivity index (χ0n) is 15.3. The minimum absolute atomic E-state index is 0.00155. The molecular formula is C22H16BrN3O3. The van der Waals surface area contributed by atoms with E-state index in [1.54, 1.807) is 18.3 Å². The second-order valence-corrected chi connectivity index (χ2v) is 7.97. The molecule has 0 aliphatic carbocycles. The number of H-pyrrole nitrogens is 1. The Morgan fingerprint density at radius 2 is 1.97 bits per heavy atom. The van der Waals surface area contributed by atoms with Crippen LogP contribution in [0.5, 0.6) is 0 Å². The maximum absolute atomic E-state index is 13.1. The SMILES string of the molecule is O=C1c2ccccc2C(Cc2ccc(Br)cn2)N1Cc1ccc2[nH]c(=O)oc2c1. The predicted molar refractivity (Wildman–Crippen MR) is 112 cm³/mol. The van der Waals surface area contributed by atoms with Crippen LogP contribution >= 0.6 is 15.9 Å². The van der Waals surface area contributed by atoms with E-state index in [2.05, 4.69) is 25.9 Å². The first-order valence-corrected chi connectivity index (χ1v) is 10.00. The lowest BCUT2D eigenvalue weighted by Crippen LogP contribution is -2.29. The van der Waals surface area contributed by atoms with Crippen LogP contribution < -0.4 is 5.76 Å². The van der Waals surface area contributed by atoms with Crippen molar-refractivity contribution >= 4 is 32.9 Å². The van der Waals surface area contributed by atoms with Crippen LogP contribution in [0.4, 0.5) is 0 Å². The van der Waals surface area contributed by atoms with Gasteiger partial charge in [0.15, 0.2) is 5.58 Å². The molecule has 0 bridgehead atoms. The Labute approximate surface area is 174 Å². The summed E-state index contributed by atoms with van der Waals surface area (Å²) in [5.41, 5.74) is 4.68. The van der Waals surface area contributed by atoms with Gasteiger partial charge in [-0.05, 0) is 57.4 Å². The van der Waals surface area contributed by atoms with E-state index in [9.17, 15) is 9.59 Å². The average molecular weight is 450 g/mol. The van der Waals surface area contributed by atoms with Gasteiger partial charge in [0, 0.05) is 34.9 Å². The highest BCUT2D eigenvalue weighted by Crippen LogP contribution is 2.37. The first kappa shape index (κ1) is 17.9. The Morgan fingerprint density at radius 1 is 1.10 bits per heavy atom. The summed E-state index contributed by atoms with van der Waals surface area (Å²) in [7, 11) is 0. The number of halogens is 1.